The normalized spacial score (nSPS) is 12.3. The molecule has 0 spiro atoms. The number of halogens is 1. The average molecular weight is 344 g/mol. The third kappa shape index (κ3) is 4.80. The van der Waals surface area contributed by atoms with Crippen LogP contribution in [0.5, 0.6) is 5.75 Å². The van der Waals surface area contributed by atoms with Crippen LogP contribution >= 0.6 is 15.9 Å². The van der Waals surface area contributed by atoms with Crippen LogP contribution < -0.4 is 10.1 Å². The Hall–Kier alpha value is -1.07. The summed E-state index contributed by atoms with van der Waals surface area (Å²) in [7, 11) is 1.59. The first kappa shape index (κ1) is 17.0. The minimum atomic E-state index is -0.105. The van der Waals surface area contributed by atoms with Crippen molar-refractivity contribution in [3.8, 4) is 5.75 Å². The molecule has 1 unspecified atom stereocenters. The Kier molecular flexibility index (Phi) is 7.02. The van der Waals surface area contributed by atoms with E-state index in [1.807, 2.05) is 6.92 Å². The Morgan fingerprint density at radius 3 is 2.60 bits per heavy atom. The van der Waals surface area contributed by atoms with Crippen LogP contribution in [0.15, 0.2) is 22.7 Å². The van der Waals surface area contributed by atoms with Crippen molar-refractivity contribution in [1.82, 2.24) is 5.32 Å². The van der Waals surface area contributed by atoms with Crippen LogP contribution in [-0.2, 0) is 4.74 Å². The molecule has 1 atom stereocenters. The summed E-state index contributed by atoms with van der Waals surface area (Å²) in [5, 5.41) is 3.01. The summed E-state index contributed by atoms with van der Waals surface area (Å²) in [5.74, 6) is 0.912. The number of rotatable bonds is 7. The van der Waals surface area contributed by atoms with Gasteiger partial charge >= 0.3 is 0 Å². The maximum atomic E-state index is 12.2. The van der Waals surface area contributed by atoms with Gasteiger partial charge in [0, 0.05) is 12.2 Å². The lowest BCUT2D eigenvalue weighted by Gasteiger charge is -2.22. The van der Waals surface area contributed by atoms with Crippen LogP contribution in [0.25, 0.3) is 0 Å². The van der Waals surface area contributed by atoms with Crippen LogP contribution in [0, 0.1) is 5.92 Å². The summed E-state index contributed by atoms with van der Waals surface area (Å²) in [6, 6.07) is 5.28. The second kappa shape index (κ2) is 8.27. The van der Waals surface area contributed by atoms with Gasteiger partial charge in [0.15, 0.2) is 0 Å². The molecular formula is C15H22BrNO3. The van der Waals surface area contributed by atoms with Crippen molar-refractivity contribution in [2.45, 2.75) is 26.8 Å². The van der Waals surface area contributed by atoms with E-state index >= 15 is 0 Å². The zero-order valence-corrected chi connectivity index (χ0v) is 14.0. The Labute approximate surface area is 129 Å². The highest BCUT2D eigenvalue weighted by molar-refractivity contribution is 9.10. The van der Waals surface area contributed by atoms with Gasteiger partial charge in [0.1, 0.15) is 5.75 Å². The lowest BCUT2D eigenvalue weighted by atomic mass is 10.0. The number of benzene rings is 1. The standard InChI is InChI=1S/C15H22BrNO3/c1-5-20-9-13(10(2)3)17-15(18)11-6-7-14(19-4)12(16)8-11/h6-8,10,13H,5,9H2,1-4H3,(H,17,18). The molecule has 0 bridgehead atoms. The maximum absolute atomic E-state index is 12.2. The van der Waals surface area contributed by atoms with Crippen LogP contribution in [0.1, 0.15) is 31.1 Å². The molecule has 1 aromatic carbocycles. The van der Waals surface area contributed by atoms with Crippen LogP contribution in [-0.4, -0.2) is 32.3 Å². The van der Waals surface area contributed by atoms with Crippen LogP contribution in [0.2, 0.25) is 0 Å². The number of amides is 1. The van der Waals surface area contributed by atoms with Gasteiger partial charge in [-0.1, -0.05) is 13.8 Å². The van der Waals surface area contributed by atoms with Crippen molar-refractivity contribution >= 4 is 21.8 Å². The zero-order valence-electron chi connectivity index (χ0n) is 12.4. The molecule has 0 aromatic heterocycles. The van der Waals surface area contributed by atoms with Gasteiger partial charge in [0.2, 0.25) is 0 Å². The molecule has 1 N–H and O–H groups in total. The van der Waals surface area contributed by atoms with Crippen molar-refractivity contribution < 1.29 is 14.3 Å². The topological polar surface area (TPSA) is 47.6 Å². The molecular weight excluding hydrogens is 322 g/mol. The van der Waals surface area contributed by atoms with Crippen LogP contribution in [0.4, 0.5) is 0 Å². The first-order valence-corrected chi connectivity index (χ1v) is 7.51. The lowest BCUT2D eigenvalue weighted by molar-refractivity contribution is 0.0806. The molecule has 1 rings (SSSR count). The number of hydrogen-bond donors (Lipinski definition) is 1. The van der Waals surface area contributed by atoms with E-state index in [1.165, 1.54) is 0 Å². The van der Waals surface area contributed by atoms with Crippen molar-refractivity contribution in [1.29, 1.82) is 0 Å². The highest BCUT2D eigenvalue weighted by Gasteiger charge is 2.18. The maximum Gasteiger partial charge on any atom is 0.251 e. The molecule has 20 heavy (non-hydrogen) atoms. The molecule has 1 aromatic rings. The van der Waals surface area contributed by atoms with E-state index in [-0.39, 0.29) is 11.9 Å². The zero-order chi connectivity index (χ0) is 15.1. The van der Waals surface area contributed by atoms with Crippen molar-refractivity contribution in [3.05, 3.63) is 28.2 Å². The molecule has 0 aliphatic rings. The fourth-order valence-corrected chi connectivity index (χ4v) is 2.25. The average Bonchev–Trinajstić information content (AvgIpc) is 2.42. The second-order valence-electron chi connectivity index (χ2n) is 4.83. The van der Waals surface area contributed by atoms with E-state index < -0.39 is 0 Å². The highest BCUT2D eigenvalue weighted by Crippen LogP contribution is 2.25. The number of nitrogens with one attached hydrogen (secondary N) is 1. The van der Waals surface area contributed by atoms with Gasteiger partial charge in [-0.15, -0.1) is 0 Å². The van der Waals surface area contributed by atoms with Crippen molar-refractivity contribution in [2.75, 3.05) is 20.3 Å². The Bertz CT molecular complexity index is 449. The first-order chi connectivity index (χ1) is 9.49. The molecule has 5 heteroatoms. The van der Waals surface area contributed by atoms with E-state index in [1.54, 1.807) is 25.3 Å². The van der Waals surface area contributed by atoms with E-state index in [0.29, 0.717) is 30.4 Å². The molecule has 0 aliphatic carbocycles. The largest absolute Gasteiger partial charge is 0.496 e. The first-order valence-electron chi connectivity index (χ1n) is 6.71. The summed E-state index contributed by atoms with van der Waals surface area (Å²) >= 11 is 3.38. The predicted octanol–water partition coefficient (Wildman–Crippen LogP) is 3.25. The van der Waals surface area contributed by atoms with Gasteiger partial charge in [-0.3, -0.25) is 4.79 Å². The van der Waals surface area contributed by atoms with Gasteiger partial charge in [0.25, 0.3) is 5.91 Å². The molecule has 0 radical (unpaired) electrons. The number of carbonyl (C=O) groups is 1. The van der Waals surface area contributed by atoms with Crippen molar-refractivity contribution in [3.63, 3.8) is 0 Å². The Morgan fingerprint density at radius 2 is 2.10 bits per heavy atom. The molecule has 0 fully saturated rings. The molecule has 0 aliphatic heterocycles. The van der Waals surface area contributed by atoms with Gasteiger partial charge in [-0.05, 0) is 47.0 Å². The SMILES string of the molecule is CCOCC(NC(=O)c1ccc(OC)c(Br)c1)C(C)C. The fraction of sp³-hybridized carbons (Fsp3) is 0.533. The molecule has 0 saturated carbocycles. The second-order valence-corrected chi connectivity index (χ2v) is 5.69. The number of hydrogen-bond acceptors (Lipinski definition) is 3. The number of carbonyl (C=O) groups excluding carboxylic acids is 1. The van der Waals surface area contributed by atoms with E-state index in [9.17, 15) is 4.79 Å². The summed E-state index contributed by atoms with van der Waals surface area (Å²) in [6.07, 6.45) is 0. The van der Waals surface area contributed by atoms with Gasteiger partial charge in [-0.25, -0.2) is 0 Å². The predicted molar refractivity (Wildman–Crippen MR) is 83.3 cm³/mol. The molecule has 112 valence electrons. The number of methoxy groups -OCH3 is 1. The van der Waals surface area contributed by atoms with Crippen molar-refractivity contribution in [2.24, 2.45) is 5.92 Å². The summed E-state index contributed by atoms with van der Waals surface area (Å²) < 4.78 is 11.3. The molecule has 0 heterocycles. The number of ether oxygens (including phenoxy) is 2. The third-order valence-electron chi connectivity index (χ3n) is 3.04. The third-order valence-corrected chi connectivity index (χ3v) is 3.66. The Balaban J connectivity index is 2.75. The molecule has 4 nitrogen and oxygen atoms in total. The summed E-state index contributed by atoms with van der Waals surface area (Å²) in [5.41, 5.74) is 0.597. The van der Waals surface area contributed by atoms with E-state index in [0.717, 1.165) is 4.47 Å². The van der Waals surface area contributed by atoms with Crippen LogP contribution in [0.3, 0.4) is 0 Å². The van der Waals surface area contributed by atoms with E-state index in [2.05, 4.69) is 35.1 Å². The summed E-state index contributed by atoms with van der Waals surface area (Å²) in [4.78, 5) is 12.2. The minimum absolute atomic E-state index is 0.00308. The monoisotopic (exact) mass is 343 g/mol. The van der Waals surface area contributed by atoms with Gasteiger partial charge in [0.05, 0.1) is 24.2 Å². The summed E-state index contributed by atoms with van der Waals surface area (Å²) in [6.45, 7) is 7.24. The molecule has 1 amide bonds. The molecule has 0 saturated heterocycles. The van der Waals surface area contributed by atoms with Gasteiger partial charge < -0.3 is 14.8 Å². The smallest absolute Gasteiger partial charge is 0.251 e. The fourth-order valence-electron chi connectivity index (χ4n) is 1.70. The van der Waals surface area contributed by atoms with Gasteiger partial charge in [-0.2, -0.15) is 0 Å². The minimum Gasteiger partial charge on any atom is -0.496 e. The van der Waals surface area contributed by atoms with E-state index in [4.69, 9.17) is 9.47 Å². The Morgan fingerprint density at radius 1 is 1.40 bits per heavy atom. The lowest BCUT2D eigenvalue weighted by Crippen LogP contribution is -2.41. The highest BCUT2D eigenvalue weighted by atomic mass is 79.9. The quantitative estimate of drug-likeness (QED) is 0.826.